The van der Waals surface area contributed by atoms with Gasteiger partial charge in [0.15, 0.2) is 0 Å². The van der Waals surface area contributed by atoms with Crippen molar-refractivity contribution in [3.8, 4) is 0 Å². The summed E-state index contributed by atoms with van der Waals surface area (Å²) in [7, 11) is 1.28. The molecule has 0 bridgehead atoms. The van der Waals surface area contributed by atoms with Gasteiger partial charge in [0.2, 0.25) is 5.91 Å². The van der Waals surface area contributed by atoms with Gasteiger partial charge in [-0.2, -0.15) is 5.10 Å². The molecule has 0 saturated carbocycles. The van der Waals surface area contributed by atoms with Crippen LogP contribution >= 0.6 is 11.3 Å². The van der Waals surface area contributed by atoms with Gasteiger partial charge in [0.05, 0.1) is 18.4 Å². The fourth-order valence-corrected chi connectivity index (χ4v) is 3.30. The Kier molecular flexibility index (Phi) is 5.13. The molecule has 1 aliphatic heterocycles. The van der Waals surface area contributed by atoms with Crippen LogP contribution in [0, 0.1) is 6.92 Å². The molecule has 0 fully saturated rings. The van der Waals surface area contributed by atoms with Crippen molar-refractivity contribution in [1.29, 1.82) is 0 Å². The van der Waals surface area contributed by atoms with Gasteiger partial charge in [0.1, 0.15) is 10.7 Å². The summed E-state index contributed by atoms with van der Waals surface area (Å²) in [6.45, 7) is 1.92. The van der Waals surface area contributed by atoms with Crippen molar-refractivity contribution in [2.45, 2.75) is 19.8 Å². The Labute approximate surface area is 154 Å². The Balaban J connectivity index is 1.83. The van der Waals surface area contributed by atoms with E-state index < -0.39 is 11.9 Å². The lowest BCUT2D eigenvalue weighted by atomic mass is 10.1. The summed E-state index contributed by atoms with van der Waals surface area (Å²) >= 11 is 1.22. The second-order valence-electron chi connectivity index (χ2n) is 5.70. The molecule has 0 aliphatic carbocycles. The number of benzene rings is 1. The maximum Gasteiger partial charge on any atom is 0.340 e. The van der Waals surface area contributed by atoms with Crippen LogP contribution in [0.25, 0.3) is 0 Å². The molecule has 0 atom stereocenters. The number of aryl methyl sites for hydroxylation is 1. The molecular formula is C18H17N3O4S. The molecule has 2 heterocycles. The van der Waals surface area contributed by atoms with Gasteiger partial charge in [0, 0.05) is 12.8 Å². The zero-order chi connectivity index (χ0) is 18.7. The van der Waals surface area contributed by atoms with E-state index in [0.717, 1.165) is 5.56 Å². The average Bonchev–Trinajstić information content (AvgIpc) is 3.09. The van der Waals surface area contributed by atoms with Crippen molar-refractivity contribution < 1.29 is 19.1 Å². The summed E-state index contributed by atoms with van der Waals surface area (Å²) < 4.78 is 4.70. The highest BCUT2D eigenvalue weighted by atomic mass is 32.1. The first-order chi connectivity index (χ1) is 12.5. The number of hydrogen-bond donors (Lipinski definition) is 1. The van der Waals surface area contributed by atoms with Crippen LogP contribution in [0.1, 0.15) is 28.8 Å². The highest BCUT2D eigenvalue weighted by Crippen LogP contribution is 2.25. The Morgan fingerprint density at radius 1 is 1.27 bits per heavy atom. The van der Waals surface area contributed by atoms with Crippen LogP contribution in [0.4, 0.5) is 10.7 Å². The second-order valence-corrected chi connectivity index (χ2v) is 6.62. The standard InChI is InChI=1S/C18H17N3O4S/c1-11-4-3-5-12(10-11)21-15(22)7-6-14(20-21)16(23)19-17-13(8-9-26-17)18(24)25-2/h3-5,8-10H,6-7H2,1-2H3,(H,19,23). The van der Waals surface area contributed by atoms with Crippen LogP contribution in [-0.4, -0.2) is 30.6 Å². The summed E-state index contributed by atoms with van der Waals surface area (Å²) in [6.07, 6.45) is 0.431. The number of hydrogen-bond acceptors (Lipinski definition) is 6. The number of hydrazone groups is 1. The molecule has 7 nitrogen and oxygen atoms in total. The van der Waals surface area contributed by atoms with Crippen LogP contribution in [0.2, 0.25) is 0 Å². The molecule has 2 amide bonds. The van der Waals surface area contributed by atoms with E-state index in [0.29, 0.717) is 10.7 Å². The number of rotatable bonds is 4. The number of nitrogens with zero attached hydrogens (tertiary/aromatic N) is 2. The van der Waals surface area contributed by atoms with E-state index >= 15 is 0 Å². The summed E-state index contributed by atoms with van der Waals surface area (Å²) in [5.74, 6) is -1.13. The third-order valence-corrected chi connectivity index (χ3v) is 4.67. The van der Waals surface area contributed by atoms with Crippen molar-refractivity contribution >= 4 is 45.5 Å². The van der Waals surface area contributed by atoms with Gasteiger partial charge >= 0.3 is 5.97 Å². The molecule has 3 rings (SSSR count). The number of ether oxygens (including phenoxy) is 1. The first-order valence-electron chi connectivity index (χ1n) is 7.94. The molecule has 0 saturated heterocycles. The lowest BCUT2D eigenvalue weighted by Crippen LogP contribution is -2.36. The highest BCUT2D eigenvalue weighted by molar-refractivity contribution is 7.14. The molecule has 26 heavy (non-hydrogen) atoms. The maximum absolute atomic E-state index is 12.6. The van der Waals surface area contributed by atoms with Crippen molar-refractivity contribution in [2.24, 2.45) is 5.10 Å². The van der Waals surface area contributed by atoms with Crippen molar-refractivity contribution in [1.82, 2.24) is 0 Å². The van der Waals surface area contributed by atoms with E-state index in [4.69, 9.17) is 4.74 Å². The molecule has 8 heteroatoms. The third-order valence-electron chi connectivity index (χ3n) is 3.84. The molecule has 2 aromatic rings. The number of thiophene rings is 1. The number of carbonyl (C=O) groups excluding carboxylic acids is 3. The zero-order valence-electron chi connectivity index (χ0n) is 14.3. The minimum atomic E-state index is -0.524. The Bertz CT molecular complexity index is 903. The smallest absolute Gasteiger partial charge is 0.340 e. The van der Waals surface area contributed by atoms with Gasteiger partial charge < -0.3 is 10.1 Å². The molecule has 0 spiro atoms. The molecule has 1 aromatic carbocycles. The van der Waals surface area contributed by atoms with Crippen molar-refractivity contribution in [3.63, 3.8) is 0 Å². The number of nitrogens with one attached hydrogen (secondary N) is 1. The molecule has 0 unspecified atom stereocenters. The molecule has 1 aliphatic rings. The number of methoxy groups -OCH3 is 1. The highest BCUT2D eigenvalue weighted by Gasteiger charge is 2.26. The molecule has 1 aromatic heterocycles. The molecule has 1 N–H and O–H groups in total. The minimum Gasteiger partial charge on any atom is -0.465 e. The monoisotopic (exact) mass is 371 g/mol. The number of carbonyl (C=O) groups is 3. The summed E-state index contributed by atoms with van der Waals surface area (Å²) in [5.41, 5.74) is 2.12. The molecule has 0 radical (unpaired) electrons. The van der Waals surface area contributed by atoms with Crippen LogP contribution in [0.15, 0.2) is 40.8 Å². The van der Waals surface area contributed by atoms with E-state index in [-0.39, 0.29) is 30.0 Å². The van der Waals surface area contributed by atoms with E-state index in [9.17, 15) is 14.4 Å². The summed E-state index contributed by atoms with van der Waals surface area (Å²) in [5, 5.41) is 10.2. The number of esters is 1. The number of amides is 2. The molecule has 134 valence electrons. The van der Waals surface area contributed by atoms with Crippen molar-refractivity contribution in [2.75, 3.05) is 17.4 Å². The van der Waals surface area contributed by atoms with Crippen LogP contribution in [0.5, 0.6) is 0 Å². The van der Waals surface area contributed by atoms with Gasteiger partial charge in [-0.3, -0.25) is 9.59 Å². The fraction of sp³-hybridized carbons (Fsp3) is 0.222. The van der Waals surface area contributed by atoms with Crippen LogP contribution in [-0.2, 0) is 14.3 Å². The minimum absolute atomic E-state index is 0.168. The quantitative estimate of drug-likeness (QED) is 0.837. The van der Waals surface area contributed by atoms with Gasteiger partial charge in [-0.15, -0.1) is 11.3 Å². The summed E-state index contributed by atoms with van der Waals surface area (Å²) in [4.78, 5) is 36.5. The van der Waals surface area contributed by atoms with Crippen LogP contribution in [0.3, 0.4) is 0 Å². The maximum atomic E-state index is 12.6. The predicted octanol–water partition coefficient (Wildman–Crippen LogP) is 2.96. The third kappa shape index (κ3) is 3.65. The second kappa shape index (κ2) is 7.49. The molecular weight excluding hydrogens is 354 g/mol. The van der Waals surface area contributed by atoms with Gasteiger partial charge in [0.25, 0.3) is 5.91 Å². The number of anilines is 2. The average molecular weight is 371 g/mol. The van der Waals surface area contributed by atoms with E-state index in [1.807, 2.05) is 25.1 Å². The van der Waals surface area contributed by atoms with Gasteiger partial charge in [-0.25, -0.2) is 9.80 Å². The largest absolute Gasteiger partial charge is 0.465 e. The SMILES string of the molecule is COC(=O)c1ccsc1NC(=O)C1=NN(c2cccc(C)c2)C(=O)CC1. The lowest BCUT2D eigenvalue weighted by Gasteiger charge is -2.23. The Hall–Kier alpha value is -3.00. The van der Waals surface area contributed by atoms with E-state index in [1.165, 1.54) is 23.5 Å². The predicted molar refractivity (Wildman–Crippen MR) is 99.6 cm³/mol. The van der Waals surface area contributed by atoms with Crippen molar-refractivity contribution in [3.05, 3.63) is 46.8 Å². The topological polar surface area (TPSA) is 88.1 Å². The normalized spacial score (nSPS) is 14.0. The lowest BCUT2D eigenvalue weighted by molar-refractivity contribution is -0.118. The fourth-order valence-electron chi connectivity index (χ4n) is 2.53. The zero-order valence-corrected chi connectivity index (χ0v) is 15.1. The first kappa shape index (κ1) is 17.8. The Morgan fingerprint density at radius 3 is 2.81 bits per heavy atom. The van der Waals surface area contributed by atoms with Gasteiger partial charge in [-0.05, 0) is 36.1 Å². The van der Waals surface area contributed by atoms with Crippen LogP contribution < -0.4 is 10.3 Å². The Morgan fingerprint density at radius 2 is 2.08 bits per heavy atom. The summed E-state index contributed by atoms with van der Waals surface area (Å²) in [6, 6.07) is 8.93. The van der Waals surface area contributed by atoms with E-state index in [2.05, 4.69) is 10.4 Å². The first-order valence-corrected chi connectivity index (χ1v) is 8.82. The van der Waals surface area contributed by atoms with E-state index in [1.54, 1.807) is 17.5 Å². The van der Waals surface area contributed by atoms with Gasteiger partial charge in [-0.1, -0.05) is 12.1 Å².